The highest BCUT2D eigenvalue weighted by molar-refractivity contribution is 7.87. The predicted molar refractivity (Wildman–Crippen MR) is 48.4 cm³/mol. The SMILES string of the molecule is CC(=O)ON1CC(=O)CC(S(=O)(=O)O)C1=O. The van der Waals surface area contributed by atoms with E-state index in [0.29, 0.717) is 5.06 Å². The smallest absolute Gasteiger partial charge is 0.329 e. The maximum absolute atomic E-state index is 11.4. The minimum Gasteiger partial charge on any atom is -0.338 e. The summed E-state index contributed by atoms with van der Waals surface area (Å²) in [5.41, 5.74) is 0. The zero-order valence-electron chi connectivity index (χ0n) is 8.24. The van der Waals surface area contributed by atoms with Crippen LogP contribution in [0.25, 0.3) is 0 Å². The van der Waals surface area contributed by atoms with E-state index in [1.165, 1.54) is 0 Å². The quantitative estimate of drug-likeness (QED) is 0.594. The molecule has 0 aromatic heterocycles. The number of nitrogens with zero attached hydrogens (tertiary/aromatic N) is 1. The fourth-order valence-electron chi connectivity index (χ4n) is 1.22. The van der Waals surface area contributed by atoms with Crippen LogP contribution in [-0.4, -0.2) is 47.5 Å². The second kappa shape index (κ2) is 4.18. The molecule has 8 nitrogen and oxygen atoms in total. The van der Waals surface area contributed by atoms with Crippen molar-refractivity contribution in [3.8, 4) is 0 Å². The topological polar surface area (TPSA) is 118 Å². The van der Waals surface area contributed by atoms with Crippen LogP contribution in [0.1, 0.15) is 13.3 Å². The van der Waals surface area contributed by atoms with E-state index in [4.69, 9.17) is 4.55 Å². The Kier molecular flexibility index (Phi) is 3.29. The van der Waals surface area contributed by atoms with Crippen LogP contribution < -0.4 is 0 Å². The monoisotopic (exact) mass is 251 g/mol. The fraction of sp³-hybridized carbons (Fsp3) is 0.571. The summed E-state index contributed by atoms with van der Waals surface area (Å²) >= 11 is 0. The Morgan fingerprint density at radius 3 is 2.50 bits per heavy atom. The minimum atomic E-state index is -4.68. The molecule has 1 rings (SSSR count). The minimum absolute atomic E-state index is 0.340. The maximum atomic E-state index is 11.4. The first-order chi connectivity index (χ1) is 7.21. The lowest BCUT2D eigenvalue weighted by Crippen LogP contribution is -2.51. The third-order valence-corrected chi connectivity index (χ3v) is 2.94. The van der Waals surface area contributed by atoms with Crippen LogP contribution in [0, 0.1) is 0 Å². The molecule has 90 valence electrons. The second-order valence-corrected chi connectivity index (χ2v) is 4.80. The van der Waals surface area contributed by atoms with Gasteiger partial charge in [0.15, 0.2) is 11.0 Å². The molecule has 16 heavy (non-hydrogen) atoms. The van der Waals surface area contributed by atoms with Crippen LogP contribution in [0.4, 0.5) is 0 Å². The third-order valence-electron chi connectivity index (χ3n) is 1.85. The van der Waals surface area contributed by atoms with E-state index in [9.17, 15) is 22.8 Å². The molecule has 0 aromatic rings. The Morgan fingerprint density at radius 2 is 2.06 bits per heavy atom. The van der Waals surface area contributed by atoms with Gasteiger partial charge in [-0.25, -0.2) is 0 Å². The van der Waals surface area contributed by atoms with Crippen LogP contribution in [0.5, 0.6) is 0 Å². The lowest BCUT2D eigenvalue weighted by atomic mass is 10.1. The van der Waals surface area contributed by atoms with Crippen molar-refractivity contribution in [3.05, 3.63) is 0 Å². The van der Waals surface area contributed by atoms with Gasteiger partial charge in [0.25, 0.3) is 16.0 Å². The van der Waals surface area contributed by atoms with Gasteiger partial charge in [-0.2, -0.15) is 13.5 Å². The normalized spacial score (nSPS) is 22.1. The van der Waals surface area contributed by atoms with Crippen LogP contribution in [0.3, 0.4) is 0 Å². The van der Waals surface area contributed by atoms with E-state index in [2.05, 4.69) is 4.84 Å². The highest BCUT2D eigenvalue weighted by atomic mass is 32.2. The molecule has 1 N–H and O–H groups in total. The van der Waals surface area contributed by atoms with Gasteiger partial charge in [-0.15, -0.1) is 0 Å². The van der Waals surface area contributed by atoms with E-state index in [0.717, 1.165) is 6.92 Å². The molecule has 0 bridgehead atoms. The first kappa shape index (κ1) is 12.6. The van der Waals surface area contributed by atoms with E-state index >= 15 is 0 Å². The molecule has 0 aliphatic carbocycles. The summed E-state index contributed by atoms with van der Waals surface area (Å²) in [7, 11) is -4.68. The Bertz CT molecular complexity index is 438. The van der Waals surface area contributed by atoms with Crippen molar-refractivity contribution in [2.24, 2.45) is 0 Å². The van der Waals surface area contributed by atoms with Crippen molar-refractivity contribution >= 4 is 27.8 Å². The molecule has 0 saturated carbocycles. The largest absolute Gasteiger partial charge is 0.338 e. The third kappa shape index (κ3) is 2.76. The molecular formula is C7H9NO7S. The molecule has 1 heterocycles. The number of piperidine rings is 1. The molecule has 1 atom stereocenters. The van der Waals surface area contributed by atoms with Gasteiger partial charge in [0.05, 0.1) is 0 Å². The predicted octanol–water partition coefficient (Wildman–Crippen LogP) is -1.48. The Labute approximate surface area is 90.9 Å². The summed E-state index contributed by atoms with van der Waals surface area (Å²) in [5, 5.41) is -1.56. The second-order valence-electron chi connectivity index (χ2n) is 3.20. The van der Waals surface area contributed by atoms with E-state index in [1.807, 2.05) is 0 Å². The first-order valence-corrected chi connectivity index (χ1v) is 5.70. The Balaban J connectivity index is 2.95. The number of rotatable bonds is 2. The molecule has 1 aliphatic rings. The number of hydroxylamine groups is 2. The number of amides is 1. The highest BCUT2D eigenvalue weighted by Gasteiger charge is 2.42. The van der Waals surface area contributed by atoms with E-state index in [-0.39, 0.29) is 0 Å². The van der Waals surface area contributed by atoms with Crippen molar-refractivity contribution in [3.63, 3.8) is 0 Å². The van der Waals surface area contributed by atoms with Crippen molar-refractivity contribution in [1.29, 1.82) is 0 Å². The van der Waals surface area contributed by atoms with Gasteiger partial charge in [0.1, 0.15) is 6.54 Å². The average molecular weight is 251 g/mol. The summed E-state index contributed by atoms with van der Waals surface area (Å²) in [6, 6.07) is 0. The van der Waals surface area contributed by atoms with Gasteiger partial charge in [-0.1, -0.05) is 0 Å². The van der Waals surface area contributed by atoms with Gasteiger partial charge >= 0.3 is 5.97 Å². The van der Waals surface area contributed by atoms with Crippen molar-refractivity contribution in [2.75, 3.05) is 6.54 Å². The average Bonchev–Trinajstić information content (AvgIpc) is 2.07. The summed E-state index contributed by atoms with van der Waals surface area (Å²) in [6.45, 7) is 0.485. The van der Waals surface area contributed by atoms with Gasteiger partial charge in [-0.05, 0) is 0 Å². The summed E-state index contributed by atoms with van der Waals surface area (Å²) in [5.74, 6) is -2.61. The Morgan fingerprint density at radius 1 is 1.50 bits per heavy atom. The van der Waals surface area contributed by atoms with Crippen molar-refractivity contribution < 1.29 is 32.2 Å². The lowest BCUT2D eigenvalue weighted by Gasteiger charge is -2.27. The lowest BCUT2D eigenvalue weighted by molar-refractivity contribution is -0.199. The standard InChI is InChI=1S/C7H9NO7S/c1-4(9)15-8-3-5(10)2-6(7(8)11)16(12,13)14/h6H,2-3H2,1H3,(H,12,13,14). The summed E-state index contributed by atoms with van der Waals surface area (Å²) in [4.78, 5) is 37.4. The molecule has 0 radical (unpaired) electrons. The summed E-state index contributed by atoms with van der Waals surface area (Å²) < 4.78 is 30.3. The molecule has 1 aliphatic heterocycles. The molecule has 1 fully saturated rings. The molecule has 9 heteroatoms. The summed E-state index contributed by atoms with van der Waals surface area (Å²) in [6.07, 6.45) is -0.616. The van der Waals surface area contributed by atoms with Crippen LogP contribution >= 0.6 is 0 Å². The van der Waals surface area contributed by atoms with Crippen molar-refractivity contribution in [1.82, 2.24) is 5.06 Å². The van der Waals surface area contributed by atoms with Crippen LogP contribution in [-0.2, 0) is 29.3 Å². The number of hydrogen-bond donors (Lipinski definition) is 1. The van der Waals surface area contributed by atoms with Gasteiger partial charge < -0.3 is 4.84 Å². The molecule has 1 unspecified atom stereocenters. The first-order valence-electron chi connectivity index (χ1n) is 4.19. The van der Waals surface area contributed by atoms with Gasteiger partial charge in [-0.3, -0.25) is 18.9 Å². The molecular weight excluding hydrogens is 242 g/mol. The van der Waals surface area contributed by atoms with Gasteiger partial charge in [0.2, 0.25) is 0 Å². The van der Waals surface area contributed by atoms with E-state index < -0.39 is 46.0 Å². The molecule has 1 amide bonds. The number of ketones is 1. The van der Waals surface area contributed by atoms with Crippen molar-refractivity contribution in [2.45, 2.75) is 18.6 Å². The molecule has 0 aromatic carbocycles. The van der Waals surface area contributed by atoms with Crippen LogP contribution in [0.2, 0.25) is 0 Å². The highest BCUT2D eigenvalue weighted by Crippen LogP contribution is 2.16. The number of hydrogen-bond acceptors (Lipinski definition) is 6. The molecule has 1 saturated heterocycles. The van der Waals surface area contributed by atoms with Gasteiger partial charge in [0, 0.05) is 13.3 Å². The van der Waals surface area contributed by atoms with Crippen LogP contribution in [0.15, 0.2) is 0 Å². The number of Topliss-reactive ketones (excluding diaryl/α,β-unsaturated/α-hetero) is 1. The van der Waals surface area contributed by atoms with E-state index in [1.54, 1.807) is 0 Å². The number of carbonyl (C=O) groups is 3. The zero-order valence-corrected chi connectivity index (χ0v) is 9.06. The Hall–Kier alpha value is -1.48. The zero-order chi connectivity index (χ0) is 12.5. The molecule has 0 spiro atoms. The number of carbonyl (C=O) groups excluding carboxylic acids is 3. The fourth-order valence-corrected chi connectivity index (χ4v) is 1.99. The maximum Gasteiger partial charge on any atom is 0.329 e.